The van der Waals surface area contributed by atoms with Crippen molar-refractivity contribution in [3.05, 3.63) is 94.5 Å². The van der Waals surface area contributed by atoms with Crippen molar-refractivity contribution in [3.63, 3.8) is 0 Å². The maximum atomic E-state index is 13.7. The number of carbonyl (C=O) groups is 2. The van der Waals surface area contributed by atoms with Crippen LogP contribution < -0.4 is 14.8 Å². The summed E-state index contributed by atoms with van der Waals surface area (Å²) >= 11 is 6.06. The molecule has 8 heteroatoms. The van der Waals surface area contributed by atoms with Gasteiger partial charge in [0.2, 0.25) is 11.8 Å². The Hall–Kier alpha value is -3.55. The molecule has 0 unspecified atom stereocenters. The average molecular weight is 511 g/mol. The Kier molecular flexibility index (Phi) is 10.2. The second-order valence-corrected chi connectivity index (χ2v) is 8.67. The first-order valence-corrected chi connectivity index (χ1v) is 12.0. The summed E-state index contributed by atoms with van der Waals surface area (Å²) in [4.78, 5) is 28.6. The smallest absolute Gasteiger partial charge is 0.243 e. The standard InChI is InChI=1S/C28H31ClN2O5/c1-35-25-13-10-22(17-26(25)36-2)18-27(33)31(19-21-8-11-23(29)12-9-21)24(28(34)30-14-15-32)16-20-6-4-3-5-7-20/h3-13,17,24,32H,14-16,18-19H2,1-2H3,(H,30,34)/t24-/m1/s1. The fourth-order valence-electron chi connectivity index (χ4n) is 3.90. The van der Waals surface area contributed by atoms with E-state index >= 15 is 0 Å². The number of amides is 2. The van der Waals surface area contributed by atoms with Gasteiger partial charge in [0.25, 0.3) is 0 Å². The molecule has 0 aliphatic rings. The minimum absolute atomic E-state index is 0.0620. The van der Waals surface area contributed by atoms with Crippen LogP contribution in [0.1, 0.15) is 16.7 Å². The van der Waals surface area contributed by atoms with Gasteiger partial charge < -0.3 is 24.8 Å². The second kappa shape index (κ2) is 13.5. The number of hydrogen-bond donors (Lipinski definition) is 2. The number of rotatable bonds is 12. The first kappa shape index (κ1) is 27.0. The third kappa shape index (κ3) is 7.47. The Bertz CT molecular complexity index is 1140. The second-order valence-electron chi connectivity index (χ2n) is 8.23. The number of methoxy groups -OCH3 is 2. The summed E-state index contributed by atoms with van der Waals surface area (Å²) < 4.78 is 10.7. The fourth-order valence-corrected chi connectivity index (χ4v) is 4.03. The highest BCUT2D eigenvalue weighted by Gasteiger charge is 2.30. The predicted molar refractivity (Wildman–Crippen MR) is 139 cm³/mol. The summed E-state index contributed by atoms with van der Waals surface area (Å²) in [5, 5.41) is 12.6. The van der Waals surface area contributed by atoms with Crippen LogP contribution in [0.25, 0.3) is 0 Å². The molecule has 0 heterocycles. The van der Waals surface area contributed by atoms with Crippen LogP contribution in [0.5, 0.6) is 11.5 Å². The fraction of sp³-hybridized carbons (Fsp3) is 0.286. The molecule has 190 valence electrons. The Morgan fingerprint density at radius 2 is 1.58 bits per heavy atom. The van der Waals surface area contributed by atoms with E-state index in [1.54, 1.807) is 42.3 Å². The zero-order valence-electron chi connectivity index (χ0n) is 20.4. The van der Waals surface area contributed by atoms with E-state index in [-0.39, 0.29) is 37.9 Å². The number of nitrogens with one attached hydrogen (secondary N) is 1. The lowest BCUT2D eigenvalue weighted by Gasteiger charge is -2.31. The van der Waals surface area contributed by atoms with Crippen LogP contribution in [0.3, 0.4) is 0 Å². The van der Waals surface area contributed by atoms with Gasteiger partial charge in [-0.1, -0.05) is 60.1 Å². The summed E-state index contributed by atoms with van der Waals surface area (Å²) in [7, 11) is 3.09. The van der Waals surface area contributed by atoms with Gasteiger partial charge in [-0.15, -0.1) is 0 Å². The van der Waals surface area contributed by atoms with E-state index in [4.69, 9.17) is 21.1 Å². The van der Waals surface area contributed by atoms with Crippen molar-refractivity contribution >= 4 is 23.4 Å². The molecule has 0 saturated heterocycles. The molecule has 0 aromatic heterocycles. The third-order valence-corrected chi connectivity index (χ3v) is 6.00. The van der Waals surface area contributed by atoms with Gasteiger partial charge in [0.1, 0.15) is 6.04 Å². The van der Waals surface area contributed by atoms with E-state index in [1.165, 1.54) is 7.11 Å². The molecule has 2 N–H and O–H groups in total. The highest BCUT2D eigenvalue weighted by molar-refractivity contribution is 6.30. The first-order valence-electron chi connectivity index (χ1n) is 11.6. The molecule has 0 aliphatic heterocycles. The molecule has 36 heavy (non-hydrogen) atoms. The third-order valence-electron chi connectivity index (χ3n) is 5.75. The van der Waals surface area contributed by atoms with Crippen molar-refractivity contribution < 1.29 is 24.2 Å². The normalized spacial score (nSPS) is 11.4. The van der Waals surface area contributed by atoms with Gasteiger partial charge in [0.15, 0.2) is 11.5 Å². The van der Waals surface area contributed by atoms with Crippen molar-refractivity contribution in [1.82, 2.24) is 10.2 Å². The maximum absolute atomic E-state index is 13.7. The molecule has 1 atom stereocenters. The zero-order valence-corrected chi connectivity index (χ0v) is 21.2. The van der Waals surface area contributed by atoms with Gasteiger partial charge in [-0.05, 0) is 41.0 Å². The number of ether oxygens (including phenoxy) is 2. The number of benzene rings is 3. The largest absolute Gasteiger partial charge is 0.493 e. The molecule has 0 fully saturated rings. The molecule has 3 aromatic rings. The summed E-state index contributed by atoms with van der Waals surface area (Å²) in [6.45, 7) is 0.122. The number of aliphatic hydroxyl groups excluding tert-OH is 1. The van der Waals surface area contributed by atoms with Crippen molar-refractivity contribution in [1.29, 1.82) is 0 Å². The molecule has 7 nitrogen and oxygen atoms in total. The van der Waals surface area contributed by atoms with Gasteiger partial charge in [-0.2, -0.15) is 0 Å². The topological polar surface area (TPSA) is 88.1 Å². The van der Waals surface area contributed by atoms with Crippen LogP contribution in [-0.2, 0) is 29.0 Å². The monoisotopic (exact) mass is 510 g/mol. The van der Waals surface area contributed by atoms with Gasteiger partial charge in [-0.3, -0.25) is 9.59 Å². The quantitative estimate of drug-likeness (QED) is 0.388. The van der Waals surface area contributed by atoms with E-state index < -0.39 is 6.04 Å². The minimum Gasteiger partial charge on any atom is -0.493 e. The summed E-state index contributed by atoms with van der Waals surface area (Å²) in [5.41, 5.74) is 2.49. The number of hydrogen-bond acceptors (Lipinski definition) is 5. The van der Waals surface area contributed by atoms with Crippen LogP contribution in [-0.4, -0.2) is 55.2 Å². The van der Waals surface area contributed by atoms with Crippen molar-refractivity contribution in [3.8, 4) is 11.5 Å². The highest BCUT2D eigenvalue weighted by atomic mass is 35.5. The maximum Gasteiger partial charge on any atom is 0.243 e. The molecule has 3 rings (SSSR count). The lowest BCUT2D eigenvalue weighted by Crippen LogP contribution is -2.51. The Morgan fingerprint density at radius 3 is 2.22 bits per heavy atom. The summed E-state index contributed by atoms with van der Waals surface area (Å²) in [5.74, 6) is 0.533. The van der Waals surface area contributed by atoms with Crippen molar-refractivity contribution in [2.24, 2.45) is 0 Å². The van der Waals surface area contributed by atoms with E-state index in [2.05, 4.69) is 5.32 Å². The summed E-state index contributed by atoms with van der Waals surface area (Å²) in [6.07, 6.45) is 0.385. The van der Waals surface area contributed by atoms with E-state index in [9.17, 15) is 14.7 Å². The molecular formula is C28H31ClN2O5. The Morgan fingerprint density at radius 1 is 0.917 bits per heavy atom. The van der Waals surface area contributed by atoms with Crippen molar-refractivity contribution in [2.45, 2.75) is 25.4 Å². The molecule has 0 radical (unpaired) electrons. The number of aliphatic hydroxyl groups is 1. The molecular weight excluding hydrogens is 480 g/mol. The van der Waals surface area contributed by atoms with E-state index in [0.29, 0.717) is 22.9 Å². The van der Waals surface area contributed by atoms with Crippen LogP contribution in [0.2, 0.25) is 5.02 Å². The van der Waals surface area contributed by atoms with Gasteiger partial charge in [0.05, 0.1) is 27.2 Å². The Balaban J connectivity index is 1.96. The van der Waals surface area contributed by atoms with Gasteiger partial charge >= 0.3 is 0 Å². The first-order chi connectivity index (χ1) is 17.4. The van der Waals surface area contributed by atoms with Crippen LogP contribution in [0.15, 0.2) is 72.8 Å². The van der Waals surface area contributed by atoms with Crippen LogP contribution in [0, 0.1) is 0 Å². The van der Waals surface area contributed by atoms with E-state index in [0.717, 1.165) is 16.7 Å². The molecule has 0 bridgehead atoms. The number of halogens is 1. The summed E-state index contributed by atoms with van der Waals surface area (Å²) in [6, 6.07) is 21.2. The van der Waals surface area contributed by atoms with Gasteiger partial charge in [0, 0.05) is 24.5 Å². The lowest BCUT2D eigenvalue weighted by atomic mass is 10.0. The van der Waals surface area contributed by atoms with Crippen LogP contribution in [0.4, 0.5) is 0 Å². The minimum atomic E-state index is -0.790. The number of nitrogens with zero attached hydrogens (tertiary/aromatic N) is 1. The van der Waals surface area contributed by atoms with E-state index in [1.807, 2.05) is 42.5 Å². The lowest BCUT2D eigenvalue weighted by molar-refractivity contribution is -0.140. The molecule has 2 amide bonds. The molecule has 3 aromatic carbocycles. The van der Waals surface area contributed by atoms with Gasteiger partial charge in [-0.25, -0.2) is 0 Å². The predicted octanol–water partition coefficient (Wildman–Crippen LogP) is 3.65. The highest BCUT2D eigenvalue weighted by Crippen LogP contribution is 2.28. The zero-order chi connectivity index (χ0) is 25.9. The average Bonchev–Trinajstić information content (AvgIpc) is 2.90. The molecule has 0 saturated carbocycles. The SMILES string of the molecule is COc1ccc(CC(=O)N(Cc2ccc(Cl)cc2)[C@H](Cc2ccccc2)C(=O)NCCO)cc1OC. The van der Waals surface area contributed by atoms with Crippen LogP contribution >= 0.6 is 11.6 Å². The molecule has 0 aliphatic carbocycles. The Labute approximate surface area is 216 Å². The van der Waals surface area contributed by atoms with Crippen molar-refractivity contribution in [2.75, 3.05) is 27.4 Å². The molecule has 0 spiro atoms. The number of carbonyl (C=O) groups excluding carboxylic acids is 2.